The van der Waals surface area contributed by atoms with Gasteiger partial charge in [-0.25, -0.2) is 0 Å². The van der Waals surface area contributed by atoms with Gasteiger partial charge in [0.05, 0.1) is 0 Å². The monoisotopic (exact) mass is 780 g/mol. The first-order valence-corrected chi connectivity index (χ1v) is 22.7. The van der Waals surface area contributed by atoms with Crippen molar-refractivity contribution in [3.05, 3.63) is 147 Å². The van der Waals surface area contributed by atoms with Crippen molar-refractivity contribution in [3.8, 4) is 0 Å². The zero-order valence-corrected chi connectivity index (χ0v) is 36.8. The van der Waals surface area contributed by atoms with Gasteiger partial charge in [-0.15, -0.1) is 0 Å². The van der Waals surface area contributed by atoms with Crippen LogP contribution >= 0.6 is 15.8 Å². The van der Waals surface area contributed by atoms with Gasteiger partial charge in [0, 0.05) is 17.1 Å². The van der Waals surface area contributed by atoms with E-state index in [-0.39, 0.29) is 17.1 Å². The molecule has 2 aliphatic carbocycles. The summed E-state index contributed by atoms with van der Waals surface area (Å²) in [5.41, 5.74) is 13.1. The van der Waals surface area contributed by atoms with Crippen molar-refractivity contribution in [1.29, 1.82) is 0 Å². The van der Waals surface area contributed by atoms with Gasteiger partial charge in [-0.1, -0.05) is 187 Å². The Hall–Kier alpha value is -2.52. The molecule has 0 aromatic heterocycles. The summed E-state index contributed by atoms with van der Waals surface area (Å²) >= 11 is 0. The number of hydrogen-bond donors (Lipinski definition) is 0. The van der Waals surface area contributed by atoms with Gasteiger partial charge in [-0.3, -0.25) is 0 Å². The molecule has 3 unspecified atom stereocenters. The molecule has 0 saturated heterocycles. The Morgan fingerprint density at radius 1 is 0.453 bits per heavy atom. The molecule has 0 N–H and O–H groups in total. The SMILES string of the molecule is C1CCCC1.Cc1cc(C)cc(P(c2cc(C)cc(C)c2)c2ccccc2C2CCCC2C(C)P(c2cc(C)cc(C)c2)c2cc(C)cc(C)c2)c1.[Fe]. The summed E-state index contributed by atoms with van der Waals surface area (Å²) < 4.78 is 0. The molecule has 0 amide bonds. The largest absolute Gasteiger partial charge is 0.0619 e. The maximum Gasteiger partial charge on any atom is 0 e. The van der Waals surface area contributed by atoms with Gasteiger partial charge in [-0.05, 0) is 134 Å². The summed E-state index contributed by atoms with van der Waals surface area (Å²) in [6, 6.07) is 38.7. The standard InChI is InChI=1S/C45H52P2.C5H10.Fe/c1-29-17-30(2)22-38(21-29)46(39-23-31(3)18-32(4)24-39)37(9)42-14-12-15-43(42)44-13-10-11-16-45(44)47(40-25-33(5)19-34(6)26-40)41-27-35(7)20-36(8)28-41;1-2-4-5-3-1;/h10-11,13,16-28,37,42-43H,12,14-15H2,1-9H3;1-5H2;. The molecule has 0 nitrogen and oxygen atoms in total. The van der Waals surface area contributed by atoms with Crippen LogP contribution < -0.4 is 26.5 Å². The Morgan fingerprint density at radius 3 is 1.21 bits per heavy atom. The maximum absolute atomic E-state index is 2.60. The average molecular weight is 781 g/mol. The molecular formula is C50H62FeP2. The third-order valence-electron chi connectivity index (χ3n) is 11.3. The molecule has 3 atom stereocenters. The minimum Gasteiger partial charge on any atom is -0.0619 e. The Morgan fingerprint density at radius 2 is 0.811 bits per heavy atom. The first-order chi connectivity index (χ1) is 25.0. The van der Waals surface area contributed by atoms with Crippen LogP contribution in [0.1, 0.15) is 114 Å². The molecule has 0 heterocycles. The zero-order chi connectivity index (χ0) is 36.9. The Labute approximate surface area is 336 Å². The van der Waals surface area contributed by atoms with Crippen molar-refractivity contribution in [3.63, 3.8) is 0 Å². The third-order valence-corrected chi connectivity index (χ3v) is 16.6. The first kappa shape index (κ1) is 41.6. The van der Waals surface area contributed by atoms with Crippen LogP contribution in [0.2, 0.25) is 0 Å². The van der Waals surface area contributed by atoms with Crippen molar-refractivity contribution in [2.24, 2.45) is 5.92 Å². The average Bonchev–Trinajstić information content (AvgIpc) is 3.80. The smallest absolute Gasteiger partial charge is 0 e. The van der Waals surface area contributed by atoms with E-state index in [4.69, 9.17) is 0 Å². The quantitative estimate of drug-likeness (QED) is 0.109. The summed E-state index contributed by atoms with van der Waals surface area (Å²) in [7, 11) is -1.23. The molecule has 2 fully saturated rings. The van der Waals surface area contributed by atoms with Crippen LogP contribution in [0, 0.1) is 61.3 Å². The van der Waals surface area contributed by atoms with E-state index in [9.17, 15) is 0 Å². The second-order valence-corrected chi connectivity index (χ2v) is 21.1. The topological polar surface area (TPSA) is 0 Å². The molecule has 5 aromatic rings. The summed E-state index contributed by atoms with van der Waals surface area (Å²) in [4.78, 5) is 0. The van der Waals surface area contributed by atoms with Crippen molar-refractivity contribution in [2.45, 2.75) is 125 Å². The van der Waals surface area contributed by atoms with Crippen molar-refractivity contribution < 1.29 is 17.1 Å². The molecule has 5 aromatic carbocycles. The minimum absolute atomic E-state index is 0. The van der Waals surface area contributed by atoms with Gasteiger partial charge in [-0.2, -0.15) is 0 Å². The fraction of sp³-hybridized carbons (Fsp3) is 0.400. The molecule has 280 valence electrons. The van der Waals surface area contributed by atoms with Crippen LogP contribution in [0.15, 0.2) is 97.1 Å². The molecule has 2 aliphatic rings. The number of benzene rings is 5. The second-order valence-electron chi connectivity index (χ2n) is 16.4. The summed E-state index contributed by atoms with van der Waals surface area (Å²) in [6.45, 7) is 20.7. The van der Waals surface area contributed by atoms with Gasteiger partial charge < -0.3 is 0 Å². The van der Waals surface area contributed by atoms with Gasteiger partial charge >= 0.3 is 0 Å². The molecular weight excluding hydrogens is 718 g/mol. The summed E-state index contributed by atoms with van der Waals surface area (Å²) in [5, 5.41) is 7.60. The van der Waals surface area contributed by atoms with Crippen LogP contribution in [0.5, 0.6) is 0 Å². The van der Waals surface area contributed by atoms with Crippen molar-refractivity contribution in [1.82, 2.24) is 0 Å². The molecule has 0 spiro atoms. The molecule has 0 bridgehead atoms. The van der Waals surface area contributed by atoms with Crippen LogP contribution in [0.4, 0.5) is 0 Å². The van der Waals surface area contributed by atoms with E-state index in [2.05, 4.69) is 159 Å². The minimum atomic E-state index is -0.701. The number of hydrogen-bond acceptors (Lipinski definition) is 0. The molecule has 3 heteroatoms. The van der Waals surface area contributed by atoms with E-state index in [0.717, 1.165) is 0 Å². The number of rotatable bonds is 8. The van der Waals surface area contributed by atoms with E-state index in [0.29, 0.717) is 17.5 Å². The van der Waals surface area contributed by atoms with Gasteiger partial charge in [0.1, 0.15) is 0 Å². The van der Waals surface area contributed by atoms with Crippen LogP contribution in [0.3, 0.4) is 0 Å². The van der Waals surface area contributed by atoms with Crippen molar-refractivity contribution >= 4 is 42.4 Å². The van der Waals surface area contributed by atoms with E-state index in [1.165, 1.54) is 106 Å². The fourth-order valence-corrected chi connectivity index (χ4v) is 15.7. The van der Waals surface area contributed by atoms with E-state index in [1.54, 1.807) is 21.5 Å². The van der Waals surface area contributed by atoms with Crippen molar-refractivity contribution in [2.75, 3.05) is 0 Å². The number of aryl methyl sites for hydroxylation is 8. The van der Waals surface area contributed by atoms with Crippen LogP contribution in [-0.4, -0.2) is 5.66 Å². The third kappa shape index (κ3) is 10.4. The molecule has 7 rings (SSSR count). The second kappa shape index (κ2) is 18.9. The molecule has 0 radical (unpaired) electrons. The first-order valence-electron chi connectivity index (χ1n) is 20.0. The predicted molar refractivity (Wildman–Crippen MR) is 235 cm³/mol. The Balaban J connectivity index is 0.000000833. The van der Waals surface area contributed by atoms with Gasteiger partial charge in [0.2, 0.25) is 0 Å². The maximum atomic E-state index is 2.60. The normalized spacial score (nSPS) is 17.4. The molecule has 0 aliphatic heterocycles. The van der Waals surface area contributed by atoms with Crippen LogP contribution in [-0.2, 0) is 17.1 Å². The van der Waals surface area contributed by atoms with E-state index in [1.807, 2.05) is 0 Å². The van der Waals surface area contributed by atoms with Gasteiger partial charge in [0.15, 0.2) is 0 Å². The Bertz CT molecular complexity index is 1800. The van der Waals surface area contributed by atoms with Crippen LogP contribution in [0.25, 0.3) is 0 Å². The Kier molecular flexibility index (Phi) is 14.8. The summed E-state index contributed by atoms with van der Waals surface area (Å²) in [6.07, 6.45) is 11.4. The molecule has 53 heavy (non-hydrogen) atoms. The van der Waals surface area contributed by atoms with E-state index >= 15 is 0 Å². The fourth-order valence-electron chi connectivity index (χ4n) is 9.42. The molecule has 2 saturated carbocycles. The predicted octanol–water partition coefficient (Wildman–Crippen LogP) is 12.3. The zero-order valence-electron chi connectivity index (χ0n) is 33.9. The van der Waals surface area contributed by atoms with Gasteiger partial charge in [0.25, 0.3) is 0 Å². The van der Waals surface area contributed by atoms with E-state index < -0.39 is 15.8 Å². The summed E-state index contributed by atoms with van der Waals surface area (Å²) in [5.74, 6) is 1.20.